The second kappa shape index (κ2) is 10.1. The summed E-state index contributed by atoms with van der Waals surface area (Å²) in [6.07, 6.45) is 7.54. The Morgan fingerprint density at radius 3 is 2.38 bits per heavy atom. The maximum atomic E-state index is 13.2. The molecule has 3 unspecified atom stereocenters. The number of nitrogens with zero attached hydrogens (tertiary/aromatic N) is 1. The average molecular weight is 400 g/mol. The van der Waals surface area contributed by atoms with Gasteiger partial charge in [0.25, 0.3) is 0 Å². The topological polar surface area (TPSA) is 74.7 Å². The molecule has 5 nitrogen and oxygen atoms in total. The smallest absolute Gasteiger partial charge is 0.303 e. The summed E-state index contributed by atoms with van der Waals surface area (Å²) in [6, 6.07) is 10.2. The van der Waals surface area contributed by atoms with Crippen LogP contribution in [0.1, 0.15) is 74.6 Å². The van der Waals surface area contributed by atoms with Gasteiger partial charge in [0.2, 0.25) is 0 Å². The van der Waals surface area contributed by atoms with E-state index in [0.29, 0.717) is 31.1 Å². The van der Waals surface area contributed by atoms with Crippen molar-refractivity contribution in [2.45, 2.75) is 76.3 Å². The third-order valence-corrected chi connectivity index (χ3v) is 6.87. The van der Waals surface area contributed by atoms with Crippen LogP contribution < -0.4 is 0 Å². The molecule has 0 aliphatic carbocycles. The highest BCUT2D eigenvalue weighted by molar-refractivity contribution is 5.96. The van der Waals surface area contributed by atoms with Crippen LogP contribution in [0.4, 0.5) is 0 Å². The van der Waals surface area contributed by atoms with Crippen molar-refractivity contribution in [3.8, 4) is 0 Å². The Morgan fingerprint density at radius 1 is 1.00 bits per heavy atom. The van der Waals surface area contributed by atoms with Crippen LogP contribution in [0.3, 0.4) is 0 Å². The van der Waals surface area contributed by atoms with Crippen molar-refractivity contribution in [1.29, 1.82) is 0 Å². The zero-order valence-electron chi connectivity index (χ0n) is 17.4. The van der Waals surface area contributed by atoms with Crippen LogP contribution in [0.25, 0.3) is 0 Å². The van der Waals surface area contributed by atoms with Crippen molar-refractivity contribution in [3.05, 3.63) is 35.9 Å². The van der Waals surface area contributed by atoms with Gasteiger partial charge in [0, 0.05) is 42.8 Å². The highest BCUT2D eigenvalue weighted by Crippen LogP contribution is 2.44. The summed E-state index contributed by atoms with van der Waals surface area (Å²) < 4.78 is 0. The fraction of sp³-hybridized carbons (Fsp3) is 0.625. The zero-order valence-corrected chi connectivity index (χ0v) is 17.4. The molecule has 29 heavy (non-hydrogen) atoms. The predicted octanol–water partition coefficient (Wildman–Crippen LogP) is 4.35. The van der Waals surface area contributed by atoms with Crippen molar-refractivity contribution >= 4 is 17.5 Å². The Hall–Kier alpha value is -2.01. The molecule has 0 radical (unpaired) electrons. The van der Waals surface area contributed by atoms with E-state index in [-0.39, 0.29) is 30.1 Å². The van der Waals surface area contributed by atoms with Crippen LogP contribution in [0.15, 0.2) is 30.3 Å². The van der Waals surface area contributed by atoms with Crippen LogP contribution >= 0.6 is 0 Å². The number of ketones is 2. The largest absolute Gasteiger partial charge is 0.481 e. The summed E-state index contributed by atoms with van der Waals surface area (Å²) in [4.78, 5) is 38.9. The molecule has 1 N–H and O–H groups in total. The molecule has 4 atom stereocenters. The first-order valence-corrected chi connectivity index (χ1v) is 11.0. The Balaban J connectivity index is 1.58. The monoisotopic (exact) mass is 399 g/mol. The zero-order chi connectivity index (χ0) is 20.8. The molecule has 1 aromatic carbocycles. The lowest BCUT2D eigenvalue weighted by Crippen LogP contribution is -2.50. The number of benzene rings is 1. The van der Waals surface area contributed by atoms with Crippen molar-refractivity contribution in [2.24, 2.45) is 11.8 Å². The average Bonchev–Trinajstić information content (AvgIpc) is 2.94. The van der Waals surface area contributed by atoms with Crippen LogP contribution in [0.5, 0.6) is 0 Å². The highest BCUT2D eigenvalue weighted by Gasteiger charge is 2.48. The number of hydrogen-bond donors (Lipinski definition) is 1. The van der Waals surface area contributed by atoms with E-state index in [1.54, 1.807) is 0 Å². The first-order valence-electron chi connectivity index (χ1n) is 11.0. The lowest BCUT2D eigenvalue weighted by Gasteiger charge is -2.42. The minimum Gasteiger partial charge on any atom is -0.481 e. The van der Waals surface area contributed by atoms with E-state index in [4.69, 9.17) is 5.11 Å². The number of rotatable bonds is 11. The summed E-state index contributed by atoms with van der Waals surface area (Å²) in [5, 5.41) is 8.71. The van der Waals surface area contributed by atoms with Crippen molar-refractivity contribution in [2.75, 3.05) is 7.05 Å². The van der Waals surface area contributed by atoms with E-state index in [2.05, 4.69) is 11.9 Å². The normalized spacial score (nSPS) is 26.4. The summed E-state index contributed by atoms with van der Waals surface area (Å²) in [7, 11) is 2.13. The number of carboxylic acid groups (broad SMARTS) is 1. The molecular formula is C24H33NO4. The number of carboxylic acids is 1. The summed E-state index contributed by atoms with van der Waals surface area (Å²) >= 11 is 0. The number of carbonyl (C=O) groups is 3. The standard InChI is InChI=1S/C24H33NO4/c1-25-19-13-14-20(25)24(21(26)11-7-2-3-8-12-23(28)29)18(15-19)16-22(27)17-9-5-4-6-10-17/h4-6,9-10,18-20,24H,2-3,7-8,11-16H2,1H3,(H,28,29)/t18-,19?,20?,24?/m1/s1. The van der Waals surface area contributed by atoms with E-state index < -0.39 is 5.97 Å². The minimum atomic E-state index is -0.756. The number of piperidine rings is 1. The lowest BCUT2D eigenvalue weighted by atomic mass is 9.74. The predicted molar refractivity (Wildman–Crippen MR) is 112 cm³/mol. The molecule has 2 saturated heterocycles. The fourth-order valence-corrected chi connectivity index (χ4v) is 5.33. The lowest BCUT2D eigenvalue weighted by molar-refractivity contribution is -0.137. The molecule has 0 amide bonds. The summed E-state index contributed by atoms with van der Waals surface area (Å²) in [5.41, 5.74) is 0.739. The molecule has 158 valence electrons. The number of hydrogen-bond acceptors (Lipinski definition) is 4. The second-order valence-corrected chi connectivity index (χ2v) is 8.75. The Morgan fingerprint density at radius 2 is 1.69 bits per heavy atom. The van der Waals surface area contributed by atoms with Crippen molar-refractivity contribution < 1.29 is 19.5 Å². The minimum absolute atomic E-state index is 0.0505. The molecule has 2 aliphatic heterocycles. The first kappa shape index (κ1) is 21.7. The third-order valence-electron chi connectivity index (χ3n) is 6.87. The summed E-state index contributed by atoms with van der Waals surface area (Å²) in [5.74, 6) is -0.230. The van der Waals surface area contributed by atoms with Crippen molar-refractivity contribution in [3.63, 3.8) is 0 Å². The molecule has 3 rings (SSSR count). The van der Waals surface area contributed by atoms with Gasteiger partial charge in [0.05, 0.1) is 0 Å². The molecule has 0 spiro atoms. The molecule has 2 bridgehead atoms. The SMILES string of the molecule is CN1C2CCC1C(C(=O)CCCCCCC(=O)O)[C@@H](CC(=O)c1ccccc1)C2. The maximum Gasteiger partial charge on any atom is 0.303 e. The molecule has 1 aromatic rings. The molecule has 5 heteroatoms. The van der Waals surface area contributed by atoms with Crippen LogP contribution in [0, 0.1) is 11.8 Å². The first-order chi connectivity index (χ1) is 14.0. The Labute approximate surface area is 173 Å². The van der Waals surface area contributed by atoms with Gasteiger partial charge in [-0.05, 0) is 45.1 Å². The van der Waals surface area contributed by atoms with Gasteiger partial charge in [0.15, 0.2) is 5.78 Å². The van der Waals surface area contributed by atoms with E-state index in [1.165, 1.54) is 0 Å². The van der Waals surface area contributed by atoms with Gasteiger partial charge < -0.3 is 5.11 Å². The number of unbranched alkanes of at least 4 members (excludes halogenated alkanes) is 3. The van der Waals surface area contributed by atoms with Gasteiger partial charge in [-0.2, -0.15) is 0 Å². The van der Waals surface area contributed by atoms with E-state index in [0.717, 1.165) is 44.1 Å². The molecule has 0 saturated carbocycles. The van der Waals surface area contributed by atoms with Gasteiger partial charge >= 0.3 is 5.97 Å². The van der Waals surface area contributed by atoms with E-state index >= 15 is 0 Å². The number of aliphatic carboxylic acids is 1. The quantitative estimate of drug-likeness (QED) is 0.442. The van der Waals surface area contributed by atoms with Crippen LogP contribution in [0.2, 0.25) is 0 Å². The van der Waals surface area contributed by atoms with Gasteiger partial charge in [0.1, 0.15) is 5.78 Å². The number of carbonyl (C=O) groups excluding carboxylic acids is 2. The van der Waals surface area contributed by atoms with Gasteiger partial charge in [-0.1, -0.05) is 43.2 Å². The second-order valence-electron chi connectivity index (χ2n) is 8.75. The summed E-state index contributed by atoms with van der Waals surface area (Å²) in [6.45, 7) is 0. The molecular weight excluding hydrogens is 366 g/mol. The van der Waals surface area contributed by atoms with Gasteiger partial charge in [-0.25, -0.2) is 0 Å². The van der Waals surface area contributed by atoms with Gasteiger partial charge in [-0.3, -0.25) is 19.3 Å². The fourth-order valence-electron chi connectivity index (χ4n) is 5.33. The molecule has 2 aliphatic rings. The van der Waals surface area contributed by atoms with Crippen molar-refractivity contribution in [1.82, 2.24) is 4.90 Å². The molecule has 2 fully saturated rings. The van der Waals surface area contributed by atoms with Crippen LogP contribution in [-0.4, -0.2) is 46.7 Å². The van der Waals surface area contributed by atoms with Gasteiger partial charge in [-0.15, -0.1) is 0 Å². The third kappa shape index (κ3) is 5.53. The highest BCUT2D eigenvalue weighted by atomic mass is 16.4. The van der Waals surface area contributed by atoms with E-state index in [1.807, 2.05) is 30.3 Å². The Kier molecular flexibility index (Phi) is 7.59. The Bertz CT molecular complexity index is 717. The maximum absolute atomic E-state index is 13.2. The van der Waals surface area contributed by atoms with Crippen LogP contribution in [-0.2, 0) is 9.59 Å². The number of Topliss-reactive ketones (excluding diaryl/α,β-unsaturated/α-hetero) is 2. The van der Waals surface area contributed by atoms with E-state index in [9.17, 15) is 14.4 Å². The molecule has 2 heterocycles. The number of fused-ring (bicyclic) bond motifs is 2. The molecule has 0 aromatic heterocycles.